The second-order valence-electron chi connectivity index (χ2n) is 6.99. The molecule has 2 atom stereocenters. The zero-order valence-electron chi connectivity index (χ0n) is 13.7. The second-order valence-corrected chi connectivity index (χ2v) is 6.99. The van der Waals surface area contributed by atoms with E-state index < -0.39 is 18.4 Å². The monoisotopic (exact) mass is 344 g/mol. The van der Waals surface area contributed by atoms with Gasteiger partial charge in [0.15, 0.2) is 0 Å². The lowest BCUT2D eigenvalue weighted by Crippen LogP contribution is -2.16. The minimum absolute atomic E-state index is 0.0156. The Kier molecular flexibility index (Phi) is 4.61. The maximum atomic E-state index is 11.4. The van der Waals surface area contributed by atoms with Crippen LogP contribution in [0.1, 0.15) is 49.1 Å². The summed E-state index contributed by atoms with van der Waals surface area (Å²) >= 11 is 0. The van der Waals surface area contributed by atoms with Crippen molar-refractivity contribution in [2.24, 2.45) is 5.41 Å². The molecule has 132 valence electrons. The first-order valence-corrected chi connectivity index (χ1v) is 8.28. The molecule has 1 saturated carbocycles. The number of carboxylic acids is 2. The van der Waals surface area contributed by atoms with Gasteiger partial charge in [-0.15, -0.1) is 0 Å². The number of aliphatic carboxylic acids is 2. The molecule has 25 heavy (non-hydrogen) atoms. The zero-order chi connectivity index (χ0) is 18.0. The summed E-state index contributed by atoms with van der Waals surface area (Å²) < 4.78 is 5.14. The van der Waals surface area contributed by atoms with E-state index in [0.717, 1.165) is 24.8 Å². The van der Waals surface area contributed by atoms with Crippen LogP contribution in [0.3, 0.4) is 0 Å². The summed E-state index contributed by atoms with van der Waals surface area (Å²) in [7, 11) is 0. The van der Waals surface area contributed by atoms with Crippen molar-refractivity contribution in [1.82, 2.24) is 0 Å². The second kappa shape index (κ2) is 6.70. The number of hydrogen-bond donors (Lipinski definition) is 2. The molecule has 1 aliphatic heterocycles. The summed E-state index contributed by atoms with van der Waals surface area (Å²) in [6, 6.07) is 7.52. The fourth-order valence-electron chi connectivity index (χ4n) is 3.84. The zero-order valence-corrected chi connectivity index (χ0v) is 13.7. The molecule has 1 aromatic carbocycles. The van der Waals surface area contributed by atoms with Crippen molar-refractivity contribution in [2.45, 2.75) is 38.0 Å². The quantitative estimate of drug-likeness (QED) is 0.629. The van der Waals surface area contributed by atoms with E-state index in [9.17, 15) is 14.4 Å². The van der Waals surface area contributed by atoms with E-state index >= 15 is 0 Å². The van der Waals surface area contributed by atoms with Gasteiger partial charge in [-0.25, -0.2) is 4.79 Å². The van der Waals surface area contributed by atoms with Gasteiger partial charge in [0.05, 0.1) is 19.4 Å². The Morgan fingerprint density at radius 2 is 1.96 bits per heavy atom. The molecule has 1 aliphatic carbocycles. The summed E-state index contributed by atoms with van der Waals surface area (Å²) in [5, 5.41) is 17.9. The number of rotatable bonds is 5. The number of carbonyl (C=O) groups excluding carboxylic acids is 1. The first kappa shape index (κ1) is 17.2. The summed E-state index contributed by atoms with van der Waals surface area (Å²) in [6.07, 6.45) is 4.28. The molecule has 2 aliphatic rings. The van der Waals surface area contributed by atoms with Gasteiger partial charge >= 0.3 is 17.9 Å². The number of hydrogen-bond acceptors (Lipinski definition) is 4. The van der Waals surface area contributed by atoms with Crippen molar-refractivity contribution in [3.05, 3.63) is 41.0 Å². The molecule has 6 heteroatoms. The molecule has 1 spiro atoms. The van der Waals surface area contributed by atoms with Crippen LogP contribution in [-0.4, -0.2) is 34.7 Å². The summed E-state index contributed by atoms with van der Waals surface area (Å²) in [4.78, 5) is 33.3. The minimum atomic E-state index is -1.23. The number of esters is 1. The van der Waals surface area contributed by atoms with Crippen molar-refractivity contribution in [2.75, 3.05) is 6.61 Å². The Bertz CT molecular complexity index is 733. The van der Waals surface area contributed by atoms with Crippen LogP contribution in [-0.2, 0) is 19.1 Å². The third kappa shape index (κ3) is 3.90. The fraction of sp³-hybridized carbons (Fsp3) is 0.421. The summed E-state index contributed by atoms with van der Waals surface area (Å²) in [5.41, 5.74) is 1.65. The molecule has 1 saturated heterocycles. The Hall–Kier alpha value is -2.63. The Morgan fingerprint density at radius 1 is 1.24 bits per heavy atom. The number of carbonyl (C=O) groups is 3. The van der Waals surface area contributed by atoms with Crippen LogP contribution < -0.4 is 0 Å². The highest BCUT2D eigenvalue weighted by Gasteiger charge is 2.46. The molecule has 0 aromatic heterocycles. The average Bonchev–Trinajstić information content (AvgIpc) is 3.13. The normalized spacial score (nSPS) is 26.0. The van der Waals surface area contributed by atoms with E-state index in [1.54, 1.807) is 12.1 Å². The molecule has 2 N–H and O–H groups in total. The van der Waals surface area contributed by atoms with Gasteiger partial charge in [0.25, 0.3) is 0 Å². The van der Waals surface area contributed by atoms with Gasteiger partial charge in [0, 0.05) is 11.0 Å². The van der Waals surface area contributed by atoms with Crippen molar-refractivity contribution < 1.29 is 29.3 Å². The van der Waals surface area contributed by atoms with E-state index in [-0.39, 0.29) is 17.0 Å². The van der Waals surface area contributed by atoms with E-state index in [1.807, 2.05) is 12.1 Å². The van der Waals surface area contributed by atoms with Gasteiger partial charge in [-0.05, 0) is 42.4 Å². The van der Waals surface area contributed by atoms with E-state index in [0.29, 0.717) is 24.5 Å². The third-order valence-corrected chi connectivity index (χ3v) is 5.13. The Morgan fingerprint density at radius 3 is 2.52 bits per heavy atom. The molecule has 1 aromatic rings. The average molecular weight is 344 g/mol. The maximum absolute atomic E-state index is 11.4. The molecule has 0 bridgehead atoms. The number of benzene rings is 1. The standard InChI is InChI=1S/C19H20O6/c20-16(21)8-15(18(23)24)7-12-1-3-13(4-2-12)14-5-6-19(9-14)10-17(22)25-11-19/h1-4,7,14H,5-6,8-11H2,(H,20,21)(H,23,24)/b15-7+/t14-,19+/m1/s1. The van der Waals surface area contributed by atoms with Gasteiger partial charge in [-0.1, -0.05) is 24.3 Å². The Labute approximate surface area is 145 Å². The van der Waals surface area contributed by atoms with E-state index in [2.05, 4.69) is 0 Å². The molecular formula is C19H20O6. The molecule has 0 radical (unpaired) electrons. The highest BCUT2D eigenvalue weighted by molar-refractivity contribution is 5.96. The number of carboxylic acid groups (broad SMARTS) is 2. The van der Waals surface area contributed by atoms with Crippen LogP contribution >= 0.6 is 0 Å². The van der Waals surface area contributed by atoms with Gasteiger partial charge in [0.1, 0.15) is 0 Å². The summed E-state index contributed by atoms with van der Waals surface area (Å²) in [5.74, 6) is -2.14. The highest BCUT2D eigenvalue weighted by atomic mass is 16.5. The first-order chi connectivity index (χ1) is 11.9. The van der Waals surface area contributed by atoms with E-state index in [4.69, 9.17) is 14.9 Å². The van der Waals surface area contributed by atoms with Crippen molar-refractivity contribution in [3.8, 4) is 0 Å². The molecule has 2 fully saturated rings. The lowest BCUT2D eigenvalue weighted by atomic mass is 9.83. The topological polar surface area (TPSA) is 101 Å². The van der Waals surface area contributed by atoms with Gasteiger partial charge in [-0.3, -0.25) is 9.59 Å². The van der Waals surface area contributed by atoms with Crippen LogP contribution in [0, 0.1) is 5.41 Å². The fourth-order valence-corrected chi connectivity index (χ4v) is 3.84. The van der Waals surface area contributed by atoms with Crippen LogP contribution in [0.15, 0.2) is 29.8 Å². The lowest BCUT2D eigenvalue weighted by Gasteiger charge is -2.19. The van der Waals surface area contributed by atoms with Crippen LogP contribution in [0.2, 0.25) is 0 Å². The smallest absolute Gasteiger partial charge is 0.332 e. The first-order valence-electron chi connectivity index (χ1n) is 8.28. The molecule has 0 unspecified atom stereocenters. The highest BCUT2D eigenvalue weighted by Crippen LogP contribution is 2.51. The number of ether oxygens (including phenoxy) is 1. The molecular weight excluding hydrogens is 324 g/mol. The maximum Gasteiger partial charge on any atom is 0.332 e. The predicted molar refractivity (Wildman–Crippen MR) is 88.9 cm³/mol. The predicted octanol–water partition coefficient (Wildman–Crippen LogP) is 2.83. The van der Waals surface area contributed by atoms with Gasteiger partial charge < -0.3 is 14.9 Å². The minimum Gasteiger partial charge on any atom is -0.481 e. The molecule has 1 heterocycles. The van der Waals surface area contributed by atoms with Gasteiger partial charge in [-0.2, -0.15) is 0 Å². The SMILES string of the molecule is O=C(O)C/C(=C\c1ccc([C@@H]2CC[C@]3(COC(=O)C3)C2)cc1)C(=O)O. The number of cyclic esters (lactones) is 1. The molecule has 3 rings (SSSR count). The van der Waals surface area contributed by atoms with E-state index in [1.165, 1.54) is 6.08 Å². The largest absolute Gasteiger partial charge is 0.481 e. The van der Waals surface area contributed by atoms with Crippen LogP contribution in [0.25, 0.3) is 6.08 Å². The Balaban J connectivity index is 1.71. The summed E-state index contributed by atoms with van der Waals surface area (Å²) in [6.45, 7) is 0.514. The van der Waals surface area contributed by atoms with Crippen molar-refractivity contribution in [1.29, 1.82) is 0 Å². The van der Waals surface area contributed by atoms with Crippen molar-refractivity contribution in [3.63, 3.8) is 0 Å². The van der Waals surface area contributed by atoms with Crippen LogP contribution in [0.4, 0.5) is 0 Å². The van der Waals surface area contributed by atoms with Gasteiger partial charge in [0.2, 0.25) is 0 Å². The van der Waals surface area contributed by atoms with Crippen molar-refractivity contribution >= 4 is 24.0 Å². The molecule has 6 nitrogen and oxygen atoms in total. The third-order valence-electron chi connectivity index (χ3n) is 5.13. The lowest BCUT2D eigenvalue weighted by molar-refractivity contribution is -0.139. The molecule has 0 amide bonds. The van der Waals surface area contributed by atoms with Crippen LogP contribution in [0.5, 0.6) is 0 Å².